The molecule has 0 spiro atoms. The molecular formula is C113H140F4N32. The molecule has 0 unspecified atom stereocenters. The van der Waals surface area contributed by atoms with Gasteiger partial charge in [-0.05, 0) is 268 Å². The summed E-state index contributed by atoms with van der Waals surface area (Å²) in [6, 6.07) is 33.5. The zero-order valence-electron chi connectivity index (χ0n) is 89.7. The lowest BCUT2D eigenvalue weighted by molar-refractivity contribution is 0.104. The number of anilines is 8. The molecule has 149 heavy (non-hydrogen) atoms. The molecule has 12 aromatic heterocycles. The fourth-order valence-corrected chi connectivity index (χ4v) is 20.8. The average molecular weight is 2020 g/mol. The van der Waals surface area contributed by atoms with Gasteiger partial charge in [-0.15, -0.1) is 0 Å². The second kappa shape index (κ2) is 46.2. The van der Waals surface area contributed by atoms with Crippen molar-refractivity contribution in [2.45, 2.75) is 201 Å². The van der Waals surface area contributed by atoms with Gasteiger partial charge in [0, 0.05) is 208 Å². The van der Waals surface area contributed by atoms with E-state index in [0.717, 1.165) is 269 Å². The Labute approximate surface area is 870 Å². The molecule has 1 aliphatic carbocycles. The van der Waals surface area contributed by atoms with Crippen LogP contribution in [0.25, 0.3) is 89.2 Å². The van der Waals surface area contributed by atoms with Crippen molar-refractivity contribution in [2.24, 2.45) is 0 Å². The Kier molecular flexibility index (Phi) is 32.6. The molecule has 5 fully saturated rings. The third-order valence-corrected chi connectivity index (χ3v) is 29.0. The summed E-state index contributed by atoms with van der Waals surface area (Å²) in [5.41, 5.74) is 21.2. The maximum atomic E-state index is 15.0. The third kappa shape index (κ3) is 24.7. The first-order valence-corrected chi connectivity index (χ1v) is 52.4. The van der Waals surface area contributed by atoms with E-state index < -0.39 is 23.3 Å². The summed E-state index contributed by atoms with van der Waals surface area (Å²) in [5, 5.41) is 12.6. The van der Waals surface area contributed by atoms with Gasteiger partial charge in [-0.2, -0.15) is 0 Å². The van der Waals surface area contributed by atoms with Crippen molar-refractivity contribution in [3.8, 4) is 45.0 Å². The molecule has 1 saturated carbocycles. The number of nitrogens with zero attached hydrogens (tertiary/aromatic N) is 28. The van der Waals surface area contributed by atoms with Gasteiger partial charge in [0.15, 0.2) is 23.3 Å². The number of benzene rings is 4. The molecule has 32 nitrogen and oxygen atoms in total. The van der Waals surface area contributed by atoms with Gasteiger partial charge in [-0.3, -0.25) is 24.5 Å². The predicted molar refractivity (Wildman–Crippen MR) is 585 cm³/mol. The van der Waals surface area contributed by atoms with E-state index in [1.165, 1.54) is 35.9 Å². The van der Waals surface area contributed by atoms with Crippen molar-refractivity contribution in [1.82, 2.24) is 137 Å². The highest BCUT2D eigenvalue weighted by molar-refractivity contribution is 5.89. The maximum Gasteiger partial charge on any atom is 0.229 e. The normalized spacial score (nSPS) is 15.6. The Hall–Kier alpha value is -13.7. The number of imidazole rings is 4. The van der Waals surface area contributed by atoms with E-state index in [1.807, 2.05) is 154 Å². The SMILES string of the molecule is CCN1CCN(Cc2ccc(Nc3ncc(F)c(-c4cc(C)c5nc(C)n(C(C)C)c5c4)n3)nc2)CC1.CCN1CCN(Cc2ccc(Nc3ncc(F)c(-c4cc(C)c5nc(C)n(C6CC6)c5c4)n3)nc2)CC1.Cc1cc(-c2nc(Nc3ccc(CN4CCN(C(C)C)CC4)cn3)ncc2F)cc2c1nc(C)n2C(C)C.Cc1nc(Nc2ncc(F)c(-c3cc(C)c4nc(C)n(C(C)C)c4c3)n2)ccc1CN1CCN(C)CC1. The van der Waals surface area contributed by atoms with Crippen LogP contribution in [0, 0.1) is 85.6 Å². The Balaban J connectivity index is 0.000000130. The second-order valence-electron chi connectivity index (χ2n) is 41.3. The highest BCUT2D eigenvalue weighted by Gasteiger charge is 2.31. The molecule has 21 rings (SSSR count). The Morgan fingerprint density at radius 2 is 0.597 bits per heavy atom. The molecule has 780 valence electrons. The summed E-state index contributed by atoms with van der Waals surface area (Å²) in [4.78, 5) is 91.8. The lowest BCUT2D eigenvalue weighted by Crippen LogP contribution is -2.48. The van der Waals surface area contributed by atoms with Gasteiger partial charge < -0.3 is 54.2 Å². The number of aromatic nitrogens is 20. The van der Waals surface area contributed by atoms with E-state index >= 15 is 0 Å². The summed E-state index contributed by atoms with van der Waals surface area (Å²) < 4.78 is 68.5. The van der Waals surface area contributed by atoms with Crippen LogP contribution in [0.1, 0.15) is 180 Å². The van der Waals surface area contributed by atoms with Crippen molar-refractivity contribution < 1.29 is 17.6 Å². The summed E-state index contributed by atoms with van der Waals surface area (Å²) >= 11 is 0. The van der Waals surface area contributed by atoms with E-state index in [0.29, 0.717) is 75.8 Å². The lowest BCUT2D eigenvalue weighted by Gasteiger charge is -2.36. The minimum atomic E-state index is -0.470. The topological polar surface area (TPSA) is 300 Å². The first-order chi connectivity index (χ1) is 71.7. The zero-order valence-corrected chi connectivity index (χ0v) is 89.7. The smallest absolute Gasteiger partial charge is 0.229 e. The Morgan fingerprint density at radius 1 is 0.302 bits per heavy atom. The molecule has 4 N–H and O–H groups in total. The standard InChI is InChI=1S/C29H37FN8.C28H33FN8.2C28H35FN8/c1-18(2)37-11-9-36(10-12-37)17-22-7-8-26(31-15-22)34-29-32-16-24(30)28(35-29)23-13-20(5)27-25(14-23)38(19(3)4)21(6)33-27;1-4-35-9-11-36(12-10-35)17-20-5-8-25(30-15-20)33-28-31-16-23(29)27(34-28)21-13-18(2)26-24(14-21)37(19(3)32-26)22-6-7-22;1-17(2)37-20(5)32-26-18(3)13-22(14-24(26)37)27-23(29)15-30-28(34-27)33-25-8-7-21(19(4)31-25)16-36-11-9-35(6)10-12-36;1-6-35-9-11-36(12-10-35)17-21-7-8-25(30-15-21)33-28-31-16-23(29)27(34-28)22-13-19(4)26-24(14-22)37(18(2)3)20(5)32-26/h7-8,13-16,18-19H,9-12,17H2,1-6H3,(H,31,32,34,35);5,8,13-16,22H,4,6-7,9-12,17H2,1-3H3,(H,30,31,33,34);7-8,13-15,17H,9-12,16H2,1-6H3,(H,30,31,33,34);7-8,13-16,18H,6,9-12,17H2,1-5H3,(H,30,31,33,34). The van der Waals surface area contributed by atoms with Crippen molar-refractivity contribution >= 4 is 91.2 Å². The predicted octanol–water partition coefficient (Wildman–Crippen LogP) is 20.5. The first-order valence-electron chi connectivity index (χ1n) is 52.4. The van der Waals surface area contributed by atoms with Crippen molar-refractivity contribution in [2.75, 3.05) is 146 Å². The van der Waals surface area contributed by atoms with Crippen molar-refractivity contribution in [3.05, 3.63) is 237 Å². The molecule has 0 amide bonds. The van der Waals surface area contributed by atoms with Gasteiger partial charge in [-0.25, -0.2) is 97.3 Å². The largest absolute Gasteiger partial charge is 0.326 e. The number of nitrogens with one attached hydrogen (secondary N) is 4. The molecule has 0 bridgehead atoms. The summed E-state index contributed by atoms with van der Waals surface area (Å²) in [6.45, 7) is 62.8. The van der Waals surface area contributed by atoms with E-state index in [1.54, 1.807) is 0 Å². The van der Waals surface area contributed by atoms with Crippen LogP contribution >= 0.6 is 0 Å². The number of likely N-dealkylation sites (N-methyl/N-ethyl adjacent to an activating group) is 3. The van der Waals surface area contributed by atoms with E-state index in [-0.39, 0.29) is 40.9 Å². The molecule has 4 aromatic carbocycles. The van der Waals surface area contributed by atoms with E-state index in [2.05, 4.69) is 234 Å². The minimum absolute atomic E-state index is 0.237. The molecule has 0 radical (unpaired) electrons. The number of aryl methyl sites for hydroxylation is 9. The van der Waals surface area contributed by atoms with Crippen LogP contribution in [0.2, 0.25) is 0 Å². The number of halogens is 4. The molecule has 4 saturated heterocycles. The van der Waals surface area contributed by atoms with Crippen LogP contribution in [0.5, 0.6) is 0 Å². The quantitative estimate of drug-likeness (QED) is 0.0348. The Morgan fingerprint density at radius 3 is 0.906 bits per heavy atom. The van der Waals surface area contributed by atoms with Gasteiger partial charge in [0.25, 0.3) is 0 Å². The van der Waals surface area contributed by atoms with Crippen molar-refractivity contribution in [1.29, 1.82) is 0 Å². The van der Waals surface area contributed by atoms with Gasteiger partial charge in [0.1, 0.15) is 69.3 Å². The highest BCUT2D eigenvalue weighted by Crippen LogP contribution is 2.42. The molecule has 0 atom stereocenters. The number of fused-ring (bicyclic) bond motifs is 4. The highest BCUT2D eigenvalue weighted by atomic mass is 19.1. The van der Waals surface area contributed by atoms with Gasteiger partial charge in [0.05, 0.1) is 68.9 Å². The number of hydrogen-bond donors (Lipinski definition) is 4. The van der Waals surface area contributed by atoms with E-state index in [4.69, 9.17) is 24.9 Å². The number of hydrogen-bond acceptors (Lipinski definition) is 28. The lowest BCUT2D eigenvalue weighted by atomic mass is 10.1. The van der Waals surface area contributed by atoms with Crippen LogP contribution in [0.4, 0.5) is 64.6 Å². The van der Waals surface area contributed by atoms with Gasteiger partial charge >= 0.3 is 0 Å². The van der Waals surface area contributed by atoms with Crippen LogP contribution in [0.15, 0.2) is 140 Å². The summed E-state index contributed by atoms with van der Waals surface area (Å²) in [5.74, 6) is 5.70. The van der Waals surface area contributed by atoms with Crippen LogP contribution < -0.4 is 21.3 Å². The molecule has 16 heterocycles. The number of rotatable bonds is 27. The van der Waals surface area contributed by atoms with Gasteiger partial charge in [-0.1, -0.05) is 38.1 Å². The average Bonchev–Trinajstić information content (AvgIpc) is 1.59. The fourth-order valence-electron chi connectivity index (χ4n) is 20.8. The number of pyridine rings is 4. The third-order valence-electron chi connectivity index (χ3n) is 29.0. The fraction of sp³-hybridized carbons (Fsp3) is 0.434. The van der Waals surface area contributed by atoms with Crippen molar-refractivity contribution in [3.63, 3.8) is 0 Å². The van der Waals surface area contributed by atoms with Gasteiger partial charge in [0.2, 0.25) is 23.8 Å². The minimum Gasteiger partial charge on any atom is -0.326 e. The first kappa shape index (κ1) is 105. The Bertz CT molecular complexity index is 7200. The van der Waals surface area contributed by atoms with Crippen LogP contribution in [-0.2, 0) is 26.2 Å². The monoisotopic (exact) mass is 2020 g/mol. The summed E-state index contributed by atoms with van der Waals surface area (Å²) in [6.07, 6.45) is 12.8. The molecule has 36 heteroatoms. The van der Waals surface area contributed by atoms with E-state index in [9.17, 15) is 17.6 Å². The second-order valence-corrected chi connectivity index (χ2v) is 41.3. The number of piperazine rings is 4. The molecule has 5 aliphatic rings. The van der Waals surface area contributed by atoms with Crippen LogP contribution in [-0.4, -0.2) is 268 Å². The van der Waals surface area contributed by atoms with Crippen LogP contribution in [0.3, 0.4) is 0 Å². The maximum absolute atomic E-state index is 15.0. The molecule has 4 aliphatic heterocycles. The molecule has 16 aromatic rings. The summed E-state index contributed by atoms with van der Waals surface area (Å²) in [7, 11) is 2.16. The molecular weight excluding hydrogens is 1880 g/mol. The zero-order chi connectivity index (χ0) is 105.